The van der Waals surface area contributed by atoms with E-state index in [1.807, 2.05) is 5.32 Å². The first-order chi connectivity index (χ1) is 13.6. The van der Waals surface area contributed by atoms with E-state index in [2.05, 4.69) is 10.6 Å². The van der Waals surface area contributed by atoms with E-state index in [-0.39, 0.29) is 6.42 Å². The van der Waals surface area contributed by atoms with Crippen LogP contribution in [-0.4, -0.2) is 64.5 Å². The number of carbonyl (C=O) groups excluding carboxylic acids is 3. The zero-order valence-electron chi connectivity index (χ0n) is 15.8. The lowest BCUT2D eigenvalue weighted by molar-refractivity contribution is -0.141. The minimum absolute atomic E-state index is 0.0711. The molecular weight excluding hydrogens is 384 g/mol. The quantitative estimate of drug-likeness (QED) is 0.248. The number of nitrogens with one attached hydrogen (secondary N) is 3. The van der Waals surface area contributed by atoms with Crippen LogP contribution in [0.1, 0.15) is 18.9 Å². The highest BCUT2D eigenvalue weighted by atomic mass is 16.4. The number of carboxylic acid groups (broad SMARTS) is 2. The number of nitrogens with two attached hydrogens (primary N) is 1. The highest BCUT2D eigenvalue weighted by Gasteiger charge is 2.29. The number of carboxylic acids is 2. The third-order valence-electron chi connectivity index (χ3n) is 3.75. The van der Waals surface area contributed by atoms with E-state index in [9.17, 15) is 24.0 Å². The molecule has 3 amide bonds. The van der Waals surface area contributed by atoms with Gasteiger partial charge >= 0.3 is 11.9 Å². The fourth-order valence-electron chi connectivity index (χ4n) is 2.30. The summed E-state index contributed by atoms with van der Waals surface area (Å²) in [5.41, 5.74) is 6.23. The van der Waals surface area contributed by atoms with Crippen molar-refractivity contribution in [2.24, 2.45) is 5.73 Å². The number of hydrogen-bond acceptors (Lipinski definition) is 6. The maximum atomic E-state index is 12.7. The Balaban J connectivity index is 2.97. The zero-order chi connectivity index (χ0) is 22.0. The highest BCUT2D eigenvalue weighted by molar-refractivity contribution is 5.95. The number of aliphatic carboxylic acids is 2. The Morgan fingerprint density at radius 3 is 2.00 bits per heavy atom. The summed E-state index contributed by atoms with van der Waals surface area (Å²) in [4.78, 5) is 58.3. The lowest BCUT2D eigenvalue weighted by Crippen LogP contribution is -2.56. The normalized spacial score (nSPS) is 13.4. The molecule has 0 spiro atoms. The van der Waals surface area contributed by atoms with Crippen molar-refractivity contribution in [3.05, 3.63) is 35.9 Å². The van der Waals surface area contributed by atoms with Gasteiger partial charge in [-0.3, -0.25) is 24.0 Å². The van der Waals surface area contributed by atoms with Crippen molar-refractivity contribution in [1.29, 1.82) is 0 Å². The van der Waals surface area contributed by atoms with E-state index in [1.165, 1.54) is 6.92 Å². The molecule has 0 heterocycles. The van der Waals surface area contributed by atoms with Crippen LogP contribution >= 0.6 is 0 Å². The van der Waals surface area contributed by atoms with Crippen molar-refractivity contribution in [2.45, 2.75) is 37.9 Å². The van der Waals surface area contributed by atoms with Gasteiger partial charge in [0.2, 0.25) is 17.7 Å². The first kappa shape index (κ1) is 23.6. The largest absolute Gasteiger partial charge is 0.481 e. The minimum atomic E-state index is -1.52. The Morgan fingerprint density at radius 1 is 0.897 bits per heavy atom. The molecule has 0 aliphatic carbocycles. The molecule has 0 bridgehead atoms. The molecule has 0 aliphatic heterocycles. The van der Waals surface area contributed by atoms with Gasteiger partial charge in [0.25, 0.3) is 0 Å². The molecule has 3 atom stereocenters. The van der Waals surface area contributed by atoms with Gasteiger partial charge in [-0.05, 0) is 12.5 Å². The monoisotopic (exact) mass is 408 g/mol. The van der Waals surface area contributed by atoms with Crippen LogP contribution in [0.5, 0.6) is 0 Å². The average Bonchev–Trinajstić information content (AvgIpc) is 2.65. The summed E-state index contributed by atoms with van der Waals surface area (Å²) >= 11 is 0. The molecule has 11 heteroatoms. The molecule has 0 aliphatic rings. The summed E-state index contributed by atoms with van der Waals surface area (Å²) in [6, 6.07) is 5.17. The summed E-state index contributed by atoms with van der Waals surface area (Å²) in [6.45, 7) is 0.694. The van der Waals surface area contributed by atoms with E-state index in [1.54, 1.807) is 30.3 Å². The SMILES string of the molecule is C[C@H](N)C(=O)N[C@@H](Cc1ccccc1)C(=O)N[C@@H](CC(=O)O)C(=O)NCC(=O)O. The number of hydrogen-bond donors (Lipinski definition) is 6. The Labute approximate surface area is 166 Å². The van der Waals surface area contributed by atoms with Crippen molar-refractivity contribution >= 4 is 29.7 Å². The van der Waals surface area contributed by atoms with Crippen LogP contribution in [0.2, 0.25) is 0 Å². The lowest BCUT2D eigenvalue weighted by atomic mass is 10.0. The molecule has 29 heavy (non-hydrogen) atoms. The molecule has 11 nitrogen and oxygen atoms in total. The molecule has 0 saturated carbocycles. The van der Waals surface area contributed by atoms with Gasteiger partial charge in [-0.15, -0.1) is 0 Å². The molecule has 1 aromatic carbocycles. The summed E-state index contributed by atoms with van der Waals surface area (Å²) in [5, 5.41) is 24.4. The van der Waals surface area contributed by atoms with E-state index >= 15 is 0 Å². The third-order valence-corrected chi connectivity index (χ3v) is 3.75. The fourth-order valence-corrected chi connectivity index (χ4v) is 2.30. The van der Waals surface area contributed by atoms with Gasteiger partial charge < -0.3 is 31.9 Å². The molecule has 0 aromatic heterocycles. The summed E-state index contributed by atoms with van der Waals surface area (Å²) in [5.74, 6) is -5.09. The van der Waals surface area contributed by atoms with Crippen LogP contribution in [0, 0.1) is 0 Å². The fraction of sp³-hybridized carbons (Fsp3) is 0.389. The topological polar surface area (TPSA) is 188 Å². The maximum absolute atomic E-state index is 12.7. The van der Waals surface area contributed by atoms with E-state index in [4.69, 9.17) is 15.9 Å². The lowest BCUT2D eigenvalue weighted by Gasteiger charge is -2.23. The predicted molar refractivity (Wildman–Crippen MR) is 101 cm³/mol. The second kappa shape index (κ2) is 11.4. The molecule has 158 valence electrons. The molecule has 1 rings (SSSR count). The number of carbonyl (C=O) groups is 5. The minimum Gasteiger partial charge on any atom is -0.481 e. The van der Waals surface area contributed by atoms with Crippen molar-refractivity contribution in [1.82, 2.24) is 16.0 Å². The van der Waals surface area contributed by atoms with Gasteiger partial charge in [-0.25, -0.2) is 0 Å². The molecule has 0 fully saturated rings. The molecule has 1 aromatic rings. The Hall–Kier alpha value is -3.47. The first-order valence-electron chi connectivity index (χ1n) is 8.71. The first-order valence-corrected chi connectivity index (χ1v) is 8.71. The molecular formula is C18H24N4O7. The van der Waals surface area contributed by atoms with E-state index in [0.29, 0.717) is 5.56 Å². The van der Waals surface area contributed by atoms with Crippen molar-refractivity contribution in [3.63, 3.8) is 0 Å². The number of amides is 3. The van der Waals surface area contributed by atoms with Crippen LogP contribution in [0.3, 0.4) is 0 Å². The Bertz CT molecular complexity index is 752. The zero-order valence-corrected chi connectivity index (χ0v) is 15.8. The van der Waals surface area contributed by atoms with Crippen LogP contribution in [0.15, 0.2) is 30.3 Å². The smallest absolute Gasteiger partial charge is 0.322 e. The highest BCUT2D eigenvalue weighted by Crippen LogP contribution is 2.05. The summed E-state index contributed by atoms with van der Waals surface area (Å²) < 4.78 is 0. The standard InChI is InChI=1S/C18H24N4O7/c1-10(19)16(27)21-12(7-11-5-3-2-4-6-11)18(29)22-13(8-14(23)24)17(28)20-9-15(25)26/h2-6,10,12-13H,7-9,19H2,1H3,(H,20,28)(H,21,27)(H,22,29)(H,23,24)(H,25,26)/t10-,12-,13-/m0/s1. The third kappa shape index (κ3) is 8.84. The van der Waals surface area contributed by atoms with E-state index < -0.39 is 60.8 Å². The van der Waals surface area contributed by atoms with Crippen LogP contribution in [-0.2, 0) is 30.4 Å². The maximum Gasteiger partial charge on any atom is 0.322 e. The average molecular weight is 408 g/mol. The van der Waals surface area contributed by atoms with Crippen molar-refractivity contribution in [2.75, 3.05) is 6.54 Å². The van der Waals surface area contributed by atoms with Gasteiger partial charge in [-0.1, -0.05) is 30.3 Å². The van der Waals surface area contributed by atoms with Gasteiger partial charge in [0.15, 0.2) is 0 Å². The van der Waals surface area contributed by atoms with Crippen LogP contribution < -0.4 is 21.7 Å². The number of benzene rings is 1. The molecule has 7 N–H and O–H groups in total. The van der Waals surface area contributed by atoms with Crippen LogP contribution in [0.25, 0.3) is 0 Å². The predicted octanol–water partition coefficient (Wildman–Crippen LogP) is -1.78. The Kier molecular flexibility index (Phi) is 9.26. The summed E-state index contributed by atoms with van der Waals surface area (Å²) in [6.07, 6.45) is -0.696. The van der Waals surface area contributed by atoms with Crippen LogP contribution in [0.4, 0.5) is 0 Å². The molecule has 0 saturated heterocycles. The second-order valence-corrected chi connectivity index (χ2v) is 6.31. The Morgan fingerprint density at radius 2 is 1.48 bits per heavy atom. The van der Waals surface area contributed by atoms with Crippen molar-refractivity contribution in [3.8, 4) is 0 Å². The van der Waals surface area contributed by atoms with E-state index in [0.717, 1.165) is 0 Å². The molecule has 0 unspecified atom stereocenters. The second-order valence-electron chi connectivity index (χ2n) is 6.31. The molecule has 0 radical (unpaired) electrons. The van der Waals surface area contributed by atoms with Gasteiger partial charge in [0.1, 0.15) is 18.6 Å². The van der Waals surface area contributed by atoms with Crippen molar-refractivity contribution < 1.29 is 34.2 Å². The van der Waals surface area contributed by atoms with Gasteiger partial charge in [-0.2, -0.15) is 0 Å². The van der Waals surface area contributed by atoms with Gasteiger partial charge in [0, 0.05) is 6.42 Å². The number of rotatable bonds is 11. The van der Waals surface area contributed by atoms with Gasteiger partial charge in [0.05, 0.1) is 12.5 Å². The summed E-state index contributed by atoms with van der Waals surface area (Å²) in [7, 11) is 0.